The molecule has 2 aromatic heterocycles. The lowest BCUT2D eigenvalue weighted by molar-refractivity contribution is -0.146. The molecule has 0 spiro atoms. The van der Waals surface area contributed by atoms with Crippen LogP contribution in [0, 0.1) is 0 Å². The predicted molar refractivity (Wildman–Crippen MR) is 213 cm³/mol. The topological polar surface area (TPSA) is 463 Å². The first kappa shape index (κ1) is 44.3. The molecule has 0 bridgehead atoms. The SMILES string of the molecule is O=C(OC1COC(=O)c2cc(O)c(O)c(O)c2-c2c(cc(O)c(O)c2O)C(=O)O[C@@H]1[C@H](O)[C@@H](O)[C@H](O)c1c(O)c(O)c2oc(=O)c3cc(O)c(O)c4oc(=O)c1c2c43)c1cc(O)c(O)c(O)c1. The molecule has 5 atom stereocenters. The number of hydrogen-bond acceptors (Lipinski definition) is 26. The minimum atomic E-state index is -3.01. The van der Waals surface area contributed by atoms with Crippen LogP contribution in [-0.4, -0.2) is 131 Å². The Kier molecular flexibility index (Phi) is 10.2. The van der Waals surface area contributed by atoms with Gasteiger partial charge in [-0.3, -0.25) is 0 Å². The number of rotatable bonds is 6. The Balaban J connectivity index is 1.32. The second kappa shape index (κ2) is 15.5. The molecule has 1 aliphatic rings. The highest BCUT2D eigenvalue weighted by Gasteiger charge is 2.46. The van der Waals surface area contributed by atoms with Crippen molar-refractivity contribution < 1.29 is 119 Å². The second-order valence-corrected chi connectivity index (χ2v) is 14.7. The third-order valence-electron chi connectivity index (χ3n) is 10.8. The van der Waals surface area contributed by atoms with Gasteiger partial charge in [0, 0.05) is 27.5 Å². The summed E-state index contributed by atoms with van der Waals surface area (Å²) in [6.45, 7) is -1.47. The number of ether oxygens (including phenoxy) is 3. The average molecular weight is 937 g/mol. The van der Waals surface area contributed by atoms with Gasteiger partial charge in [0.15, 0.2) is 75.1 Å². The highest BCUT2D eigenvalue weighted by molar-refractivity contribution is 6.23. The number of benzene rings is 5. The number of hydrogen-bond donors (Lipinski definition) is 16. The van der Waals surface area contributed by atoms with E-state index >= 15 is 0 Å². The van der Waals surface area contributed by atoms with E-state index in [4.69, 9.17) is 23.0 Å². The zero-order valence-corrected chi connectivity index (χ0v) is 32.7. The standard InChI is InChI=1S/C41H28O26/c42-11-1-7(2-12(43)23(11)47)37(58)64-16-6-63-38(59)8-3-13(44)24(48)27(51)17(8)18-9(4-14(45)25(49)28(18)52)39(60)65-34(16)33(57)31(55)29(53)22-21-20-19-10(40(61)66-36(20)32(56)30(22)54)5-15(46)26(50)35(19)67-41(21)62/h1-5,16,29,31,33-34,42-57H,6H2/t16?,29-,31+,33-,34+/m1/s1. The largest absolute Gasteiger partial charge is 0.504 e. The summed E-state index contributed by atoms with van der Waals surface area (Å²) in [4.78, 5) is 68.2. The molecule has 5 aromatic carbocycles. The number of fused-ring (bicyclic) bond motifs is 3. The molecule has 1 aliphatic heterocycles. The number of aromatic hydroxyl groups is 13. The number of aliphatic hydroxyl groups is 3. The fourth-order valence-corrected chi connectivity index (χ4v) is 7.57. The first-order valence-corrected chi connectivity index (χ1v) is 18.6. The van der Waals surface area contributed by atoms with Crippen LogP contribution in [0.2, 0.25) is 0 Å². The van der Waals surface area contributed by atoms with Crippen LogP contribution in [0.15, 0.2) is 48.8 Å². The fraction of sp³-hybridized carbons (Fsp3) is 0.146. The van der Waals surface area contributed by atoms with Gasteiger partial charge in [-0.15, -0.1) is 0 Å². The summed E-state index contributed by atoms with van der Waals surface area (Å²) in [6.07, 6.45) is -14.3. The maximum absolute atomic E-state index is 14.3. The van der Waals surface area contributed by atoms with Crippen molar-refractivity contribution in [1.29, 1.82) is 0 Å². The highest BCUT2D eigenvalue weighted by atomic mass is 16.6. The molecule has 16 N–H and O–H groups in total. The summed E-state index contributed by atoms with van der Waals surface area (Å²) < 4.78 is 26.2. The smallest absolute Gasteiger partial charge is 0.344 e. The summed E-state index contributed by atoms with van der Waals surface area (Å²) in [7, 11) is 0. The van der Waals surface area contributed by atoms with Crippen LogP contribution in [0.1, 0.15) is 42.7 Å². The molecule has 0 saturated carbocycles. The van der Waals surface area contributed by atoms with E-state index in [1.165, 1.54) is 0 Å². The second-order valence-electron chi connectivity index (χ2n) is 14.7. The van der Waals surface area contributed by atoms with Crippen LogP contribution in [-0.2, 0) is 14.2 Å². The van der Waals surface area contributed by atoms with E-state index in [1.54, 1.807) is 0 Å². The molecular weight excluding hydrogens is 908 g/mol. The maximum Gasteiger partial charge on any atom is 0.344 e. The number of carbonyl (C=O) groups is 3. The first-order chi connectivity index (χ1) is 31.5. The molecule has 8 rings (SSSR count). The van der Waals surface area contributed by atoms with Crippen molar-refractivity contribution in [2.24, 2.45) is 0 Å². The molecular formula is C41H28O26. The third-order valence-corrected chi connectivity index (χ3v) is 10.8. The summed E-state index contributed by atoms with van der Waals surface area (Å²) >= 11 is 0. The number of esters is 3. The molecule has 0 radical (unpaired) electrons. The molecule has 0 saturated heterocycles. The van der Waals surface area contributed by atoms with Crippen LogP contribution in [0.3, 0.4) is 0 Å². The fourth-order valence-electron chi connectivity index (χ4n) is 7.57. The van der Waals surface area contributed by atoms with Gasteiger partial charge in [0.1, 0.15) is 24.9 Å². The van der Waals surface area contributed by atoms with E-state index in [9.17, 15) is 106 Å². The van der Waals surface area contributed by atoms with Crippen LogP contribution in [0.25, 0.3) is 43.8 Å². The minimum Gasteiger partial charge on any atom is -0.504 e. The minimum absolute atomic E-state index is 0.335. The Morgan fingerprint density at radius 2 is 1.06 bits per heavy atom. The number of aliphatic hydroxyl groups excluding tert-OH is 3. The Labute approximate surface area is 365 Å². The molecule has 0 amide bonds. The van der Waals surface area contributed by atoms with Crippen LogP contribution < -0.4 is 11.3 Å². The van der Waals surface area contributed by atoms with E-state index in [-0.39, 0.29) is 0 Å². The average Bonchev–Trinajstić information content (AvgIpc) is 3.29. The van der Waals surface area contributed by atoms with E-state index < -0.39 is 207 Å². The van der Waals surface area contributed by atoms with Gasteiger partial charge in [-0.25, -0.2) is 24.0 Å². The van der Waals surface area contributed by atoms with Gasteiger partial charge < -0.3 is 105 Å². The Bertz CT molecular complexity index is 3400. The number of carbonyl (C=O) groups excluding carboxylic acids is 3. The van der Waals surface area contributed by atoms with Gasteiger partial charge in [-0.05, 0) is 30.3 Å². The summed E-state index contributed by atoms with van der Waals surface area (Å²) in [5.74, 6) is -22.1. The van der Waals surface area contributed by atoms with Crippen molar-refractivity contribution in [1.82, 2.24) is 0 Å². The van der Waals surface area contributed by atoms with Gasteiger partial charge in [0.25, 0.3) is 0 Å². The zero-order chi connectivity index (χ0) is 49.0. The lowest BCUT2D eigenvalue weighted by Crippen LogP contribution is -2.52. The molecule has 1 unspecified atom stereocenters. The van der Waals surface area contributed by atoms with Crippen molar-refractivity contribution in [3.05, 3.63) is 73.4 Å². The summed E-state index contributed by atoms with van der Waals surface area (Å²) in [5.41, 5.74) is -11.4. The predicted octanol–water partition coefficient (Wildman–Crippen LogP) is 0.707. The Hall–Kier alpha value is -9.27. The van der Waals surface area contributed by atoms with E-state index in [1.807, 2.05) is 0 Å². The van der Waals surface area contributed by atoms with E-state index in [0.29, 0.717) is 30.3 Å². The Morgan fingerprint density at radius 1 is 0.552 bits per heavy atom. The number of phenols is 13. The van der Waals surface area contributed by atoms with Crippen molar-refractivity contribution >= 4 is 50.6 Å². The van der Waals surface area contributed by atoms with E-state index in [0.717, 1.165) is 0 Å². The van der Waals surface area contributed by atoms with Crippen molar-refractivity contribution in [2.45, 2.75) is 30.5 Å². The molecule has 348 valence electrons. The van der Waals surface area contributed by atoms with Crippen LogP contribution in [0.4, 0.5) is 0 Å². The van der Waals surface area contributed by atoms with Gasteiger partial charge in [0.05, 0.1) is 27.5 Å². The van der Waals surface area contributed by atoms with Crippen molar-refractivity contribution in [3.8, 4) is 85.9 Å². The molecule has 26 heteroatoms. The lowest BCUT2D eigenvalue weighted by atomic mass is 9.90. The normalized spacial score (nSPS) is 16.7. The summed E-state index contributed by atoms with van der Waals surface area (Å²) in [5, 5.41) is 169. The number of cyclic esters (lactones) is 2. The van der Waals surface area contributed by atoms with E-state index in [2.05, 4.69) is 0 Å². The van der Waals surface area contributed by atoms with Gasteiger partial charge in [-0.1, -0.05) is 0 Å². The Morgan fingerprint density at radius 3 is 1.64 bits per heavy atom. The summed E-state index contributed by atoms with van der Waals surface area (Å²) in [6, 6.07) is 2.46. The molecule has 26 nitrogen and oxygen atoms in total. The third kappa shape index (κ3) is 6.66. The zero-order valence-electron chi connectivity index (χ0n) is 32.7. The highest BCUT2D eigenvalue weighted by Crippen LogP contribution is 2.54. The lowest BCUT2D eigenvalue weighted by Gasteiger charge is -2.34. The van der Waals surface area contributed by atoms with Crippen molar-refractivity contribution in [3.63, 3.8) is 0 Å². The van der Waals surface area contributed by atoms with Gasteiger partial charge in [0.2, 0.25) is 23.0 Å². The maximum atomic E-state index is 14.3. The first-order valence-electron chi connectivity index (χ1n) is 18.6. The van der Waals surface area contributed by atoms with Crippen molar-refractivity contribution in [2.75, 3.05) is 6.61 Å². The molecule has 67 heavy (non-hydrogen) atoms. The molecule has 3 heterocycles. The monoisotopic (exact) mass is 936 g/mol. The molecule has 7 aromatic rings. The number of phenolic OH excluding ortho intramolecular Hbond substituents is 13. The van der Waals surface area contributed by atoms with Crippen LogP contribution in [0.5, 0.6) is 74.7 Å². The van der Waals surface area contributed by atoms with Crippen LogP contribution >= 0.6 is 0 Å². The molecule has 0 fully saturated rings. The van der Waals surface area contributed by atoms with Gasteiger partial charge >= 0.3 is 29.2 Å². The van der Waals surface area contributed by atoms with Gasteiger partial charge in [-0.2, -0.15) is 0 Å². The molecule has 0 aliphatic carbocycles. The quantitative estimate of drug-likeness (QED) is 0.0359.